The Bertz CT molecular complexity index is 1120. The Kier molecular flexibility index (Phi) is 5.51. The number of aryl methyl sites for hydroxylation is 2. The molecule has 2 aromatic rings. The van der Waals surface area contributed by atoms with Crippen molar-refractivity contribution in [3.8, 4) is 6.07 Å². The minimum Gasteiger partial charge on any atom is -0.444 e. The Morgan fingerprint density at radius 3 is 2.50 bits per heavy atom. The van der Waals surface area contributed by atoms with Gasteiger partial charge in [0, 0.05) is 29.7 Å². The fraction of sp³-hybridized carbons (Fsp3) is 0.417. The molecule has 0 saturated carbocycles. The van der Waals surface area contributed by atoms with Crippen molar-refractivity contribution < 1.29 is 9.53 Å². The van der Waals surface area contributed by atoms with Crippen molar-refractivity contribution in [3.63, 3.8) is 0 Å². The maximum absolute atomic E-state index is 12.5. The van der Waals surface area contributed by atoms with E-state index in [0.29, 0.717) is 31.2 Å². The van der Waals surface area contributed by atoms with Gasteiger partial charge in [-0.25, -0.2) is 14.8 Å². The minimum absolute atomic E-state index is 0.263. The third-order valence-corrected chi connectivity index (χ3v) is 5.34. The molecule has 32 heavy (non-hydrogen) atoms. The van der Waals surface area contributed by atoms with Gasteiger partial charge < -0.3 is 15.0 Å². The van der Waals surface area contributed by atoms with Crippen LogP contribution in [0.1, 0.15) is 43.2 Å². The van der Waals surface area contributed by atoms with Crippen LogP contribution in [0.5, 0.6) is 0 Å². The molecule has 2 aliphatic heterocycles. The van der Waals surface area contributed by atoms with Gasteiger partial charge >= 0.3 is 6.09 Å². The monoisotopic (exact) mass is 432 g/mol. The van der Waals surface area contributed by atoms with Crippen LogP contribution in [0.25, 0.3) is 0 Å². The molecule has 0 spiro atoms. The van der Waals surface area contributed by atoms with E-state index in [4.69, 9.17) is 9.72 Å². The van der Waals surface area contributed by atoms with E-state index in [-0.39, 0.29) is 6.54 Å². The van der Waals surface area contributed by atoms with Crippen LogP contribution in [0.2, 0.25) is 0 Å². The summed E-state index contributed by atoms with van der Waals surface area (Å²) in [5, 5.41) is 12.9. The molecule has 2 aliphatic rings. The fourth-order valence-corrected chi connectivity index (χ4v) is 4.04. The summed E-state index contributed by atoms with van der Waals surface area (Å²) in [6.45, 7) is 11.4. The van der Waals surface area contributed by atoms with E-state index in [1.165, 1.54) is 11.1 Å². The molecule has 0 aliphatic carbocycles. The molecule has 8 heteroatoms. The molecule has 3 heterocycles. The molecule has 1 aromatic carbocycles. The topological polar surface area (TPSA) is 94.4 Å². The maximum atomic E-state index is 12.5. The van der Waals surface area contributed by atoms with Crippen molar-refractivity contribution in [2.45, 2.75) is 53.3 Å². The molecule has 4 rings (SSSR count). The summed E-state index contributed by atoms with van der Waals surface area (Å²) in [6.07, 6.45) is 1.43. The predicted octanol–water partition coefficient (Wildman–Crippen LogP) is 4.18. The number of amides is 1. The second kappa shape index (κ2) is 8.15. The number of nitriles is 1. The zero-order valence-electron chi connectivity index (χ0n) is 19.2. The lowest BCUT2D eigenvalue weighted by atomic mass is 10.1. The number of nitrogens with zero attached hydrogens (tertiary/aromatic N) is 5. The van der Waals surface area contributed by atoms with Gasteiger partial charge in [-0.3, -0.25) is 4.90 Å². The van der Waals surface area contributed by atoms with Crippen LogP contribution in [-0.4, -0.2) is 44.6 Å². The molecule has 1 N–H and O–H groups in total. The molecular formula is C24H28N6O2. The molecular weight excluding hydrogens is 404 g/mol. The van der Waals surface area contributed by atoms with Gasteiger partial charge in [0.1, 0.15) is 5.60 Å². The van der Waals surface area contributed by atoms with E-state index >= 15 is 0 Å². The first-order valence-corrected chi connectivity index (χ1v) is 10.7. The number of hydrogen-bond donors (Lipinski definition) is 1. The van der Waals surface area contributed by atoms with Gasteiger partial charge in [-0.05, 0) is 57.9 Å². The summed E-state index contributed by atoms with van der Waals surface area (Å²) < 4.78 is 5.48. The molecule has 0 atom stereocenters. The largest absolute Gasteiger partial charge is 0.444 e. The molecule has 166 valence electrons. The van der Waals surface area contributed by atoms with Crippen molar-refractivity contribution in [1.29, 1.82) is 5.26 Å². The summed E-state index contributed by atoms with van der Waals surface area (Å²) >= 11 is 0. The highest BCUT2D eigenvalue weighted by atomic mass is 16.6. The molecule has 1 amide bonds. The first-order chi connectivity index (χ1) is 15.1. The van der Waals surface area contributed by atoms with Gasteiger partial charge in [0.15, 0.2) is 0 Å². The van der Waals surface area contributed by atoms with Gasteiger partial charge in [0.05, 0.1) is 37.0 Å². The second-order valence-corrected chi connectivity index (χ2v) is 9.40. The van der Waals surface area contributed by atoms with E-state index in [1.54, 1.807) is 4.90 Å². The van der Waals surface area contributed by atoms with Gasteiger partial charge in [-0.2, -0.15) is 5.26 Å². The summed E-state index contributed by atoms with van der Waals surface area (Å²) in [5.74, 6) is 0.548. The van der Waals surface area contributed by atoms with E-state index in [9.17, 15) is 10.1 Å². The molecule has 0 fully saturated rings. The van der Waals surface area contributed by atoms with Crippen molar-refractivity contribution in [1.82, 2.24) is 19.8 Å². The van der Waals surface area contributed by atoms with Gasteiger partial charge in [0.2, 0.25) is 5.95 Å². The van der Waals surface area contributed by atoms with E-state index < -0.39 is 11.7 Å². The molecule has 0 saturated heterocycles. The predicted molar refractivity (Wildman–Crippen MR) is 121 cm³/mol. The zero-order chi connectivity index (χ0) is 23.0. The number of carbonyl (C=O) groups excluding carboxylic acids is 1. The van der Waals surface area contributed by atoms with Crippen LogP contribution in [0.15, 0.2) is 35.7 Å². The van der Waals surface area contributed by atoms with Crippen LogP contribution < -0.4 is 5.32 Å². The van der Waals surface area contributed by atoms with Crippen LogP contribution in [0.3, 0.4) is 0 Å². The summed E-state index contributed by atoms with van der Waals surface area (Å²) in [5.41, 5.74) is 6.11. The number of ether oxygens (including phenoxy) is 1. The SMILES string of the molecule is Cc1cc(C)cc(Nc2ncc3c(n2)CN(C2=C(C#N)CN(C(=O)OC(C)(C)C)C2)C3)c1. The minimum atomic E-state index is -0.578. The van der Waals surface area contributed by atoms with Crippen molar-refractivity contribution >= 4 is 17.7 Å². The third kappa shape index (κ3) is 4.67. The molecule has 0 unspecified atom stereocenters. The van der Waals surface area contributed by atoms with Crippen molar-refractivity contribution in [2.75, 3.05) is 18.4 Å². The number of anilines is 2. The first-order valence-electron chi connectivity index (χ1n) is 10.7. The van der Waals surface area contributed by atoms with Gasteiger partial charge in [-0.15, -0.1) is 0 Å². The quantitative estimate of drug-likeness (QED) is 0.777. The van der Waals surface area contributed by atoms with Crippen LogP contribution in [0.4, 0.5) is 16.4 Å². The van der Waals surface area contributed by atoms with Gasteiger partial charge in [0.25, 0.3) is 0 Å². The van der Waals surface area contributed by atoms with Crippen molar-refractivity contribution in [3.05, 3.63) is 58.1 Å². The Balaban J connectivity index is 1.47. The number of carbonyl (C=O) groups is 1. The number of nitrogens with one attached hydrogen (secondary N) is 1. The Morgan fingerprint density at radius 1 is 1.12 bits per heavy atom. The van der Waals surface area contributed by atoms with Crippen LogP contribution in [-0.2, 0) is 17.8 Å². The lowest BCUT2D eigenvalue weighted by Crippen LogP contribution is -2.36. The highest BCUT2D eigenvalue weighted by Crippen LogP contribution is 2.31. The third-order valence-electron chi connectivity index (χ3n) is 5.34. The van der Waals surface area contributed by atoms with E-state index in [2.05, 4.69) is 53.3 Å². The van der Waals surface area contributed by atoms with Gasteiger partial charge in [-0.1, -0.05) is 6.07 Å². The molecule has 0 radical (unpaired) electrons. The lowest BCUT2D eigenvalue weighted by molar-refractivity contribution is 0.0293. The fourth-order valence-electron chi connectivity index (χ4n) is 4.04. The summed E-state index contributed by atoms with van der Waals surface area (Å²) in [4.78, 5) is 25.3. The van der Waals surface area contributed by atoms with Crippen LogP contribution >= 0.6 is 0 Å². The normalized spacial score (nSPS) is 15.6. The zero-order valence-corrected chi connectivity index (χ0v) is 19.2. The van der Waals surface area contributed by atoms with E-state index in [0.717, 1.165) is 22.6 Å². The highest BCUT2D eigenvalue weighted by molar-refractivity contribution is 5.70. The first kappa shape index (κ1) is 21.6. The Labute approximate surface area is 188 Å². The average Bonchev–Trinajstić information content (AvgIpc) is 3.29. The second-order valence-electron chi connectivity index (χ2n) is 9.40. The average molecular weight is 433 g/mol. The van der Waals surface area contributed by atoms with E-state index in [1.807, 2.05) is 27.0 Å². The summed E-state index contributed by atoms with van der Waals surface area (Å²) in [7, 11) is 0. The molecule has 1 aromatic heterocycles. The number of rotatable bonds is 3. The smallest absolute Gasteiger partial charge is 0.410 e. The lowest BCUT2D eigenvalue weighted by Gasteiger charge is -2.25. The van der Waals surface area contributed by atoms with Crippen molar-refractivity contribution in [2.24, 2.45) is 0 Å². The number of fused-ring (bicyclic) bond motifs is 1. The highest BCUT2D eigenvalue weighted by Gasteiger charge is 2.34. The molecule has 8 nitrogen and oxygen atoms in total. The van der Waals surface area contributed by atoms with Crippen LogP contribution in [0, 0.1) is 25.2 Å². The summed E-state index contributed by atoms with van der Waals surface area (Å²) in [6, 6.07) is 8.50. The maximum Gasteiger partial charge on any atom is 0.410 e. The standard InChI is InChI=1S/C24H28N6O2/c1-15-6-16(2)8-19(7-15)27-22-26-10-18-12-29(13-20(18)28-22)21-14-30(11-17(21)9-25)23(31)32-24(3,4)5/h6-8,10H,11-14H2,1-5H3,(H,26,27,28). The number of aromatic nitrogens is 2. The molecule has 0 bridgehead atoms. The Hall–Kier alpha value is -3.60. The number of benzene rings is 1. The Morgan fingerprint density at radius 2 is 1.84 bits per heavy atom. The number of hydrogen-bond acceptors (Lipinski definition) is 7.